The van der Waals surface area contributed by atoms with E-state index in [0.717, 1.165) is 24.5 Å². The molecule has 88 valence electrons. The van der Waals surface area contributed by atoms with Crippen LogP contribution in [-0.4, -0.2) is 25.9 Å². The fraction of sp³-hybridized carbons (Fsp3) is 0.333. The lowest BCUT2D eigenvalue weighted by molar-refractivity contribution is 0.570. The fourth-order valence-corrected chi connectivity index (χ4v) is 2.02. The maximum absolute atomic E-state index is 8.87. The number of nitrogens with two attached hydrogens (primary N) is 1. The molecule has 0 amide bonds. The molecule has 2 heterocycles. The lowest BCUT2D eigenvalue weighted by Crippen LogP contribution is -2.07. The lowest BCUT2D eigenvalue weighted by atomic mass is 10.3. The quantitative estimate of drug-likeness (QED) is 0.755. The Morgan fingerprint density at radius 2 is 2.47 bits per heavy atom. The third-order valence-corrected chi connectivity index (χ3v) is 2.97. The molecule has 0 radical (unpaired) electrons. The SMILES string of the molecule is N#Cc1c(N)nsc1NCCCn1ccnn1. The van der Waals surface area contributed by atoms with Gasteiger partial charge >= 0.3 is 0 Å². The van der Waals surface area contributed by atoms with E-state index >= 15 is 0 Å². The van der Waals surface area contributed by atoms with Crippen molar-refractivity contribution in [1.82, 2.24) is 19.4 Å². The summed E-state index contributed by atoms with van der Waals surface area (Å²) in [6.45, 7) is 1.51. The van der Waals surface area contributed by atoms with E-state index in [9.17, 15) is 0 Å². The molecule has 0 aliphatic heterocycles. The van der Waals surface area contributed by atoms with Gasteiger partial charge in [-0.2, -0.15) is 9.64 Å². The smallest absolute Gasteiger partial charge is 0.157 e. The number of nitriles is 1. The van der Waals surface area contributed by atoms with Crippen LogP contribution in [0.3, 0.4) is 0 Å². The average molecular weight is 249 g/mol. The first-order valence-electron chi connectivity index (χ1n) is 5.04. The third kappa shape index (κ3) is 2.70. The predicted octanol–water partition coefficient (Wildman–Crippen LogP) is 0.691. The summed E-state index contributed by atoms with van der Waals surface area (Å²) in [5, 5.41) is 20.3. The molecule has 0 saturated carbocycles. The number of nitrogens with zero attached hydrogens (tertiary/aromatic N) is 5. The number of aromatic nitrogens is 4. The molecule has 3 N–H and O–H groups in total. The summed E-state index contributed by atoms with van der Waals surface area (Å²) in [4.78, 5) is 0. The topological polar surface area (TPSA) is 105 Å². The van der Waals surface area contributed by atoms with Crippen molar-refractivity contribution >= 4 is 22.4 Å². The van der Waals surface area contributed by atoms with Gasteiger partial charge in [0.15, 0.2) is 5.82 Å². The van der Waals surface area contributed by atoms with Gasteiger partial charge in [-0.1, -0.05) is 5.21 Å². The monoisotopic (exact) mass is 249 g/mol. The normalized spacial score (nSPS) is 10.1. The number of anilines is 2. The summed E-state index contributed by atoms with van der Waals surface area (Å²) in [6.07, 6.45) is 4.34. The van der Waals surface area contributed by atoms with Gasteiger partial charge in [0, 0.05) is 19.3 Å². The average Bonchev–Trinajstić information content (AvgIpc) is 2.94. The number of rotatable bonds is 5. The summed E-state index contributed by atoms with van der Waals surface area (Å²) in [5.74, 6) is 0.288. The van der Waals surface area contributed by atoms with E-state index in [-0.39, 0.29) is 5.82 Å². The van der Waals surface area contributed by atoms with E-state index in [1.807, 2.05) is 12.3 Å². The molecule has 0 saturated heterocycles. The van der Waals surface area contributed by atoms with Gasteiger partial charge in [-0.25, -0.2) is 0 Å². The van der Waals surface area contributed by atoms with Gasteiger partial charge in [-0.15, -0.1) is 5.10 Å². The molecule has 17 heavy (non-hydrogen) atoms. The third-order valence-electron chi connectivity index (χ3n) is 2.15. The van der Waals surface area contributed by atoms with E-state index in [0.29, 0.717) is 5.56 Å². The number of nitrogen functional groups attached to an aromatic ring is 1. The van der Waals surface area contributed by atoms with Crippen molar-refractivity contribution in [3.05, 3.63) is 18.0 Å². The van der Waals surface area contributed by atoms with E-state index in [1.165, 1.54) is 11.5 Å². The molecule has 0 bridgehead atoms. The van der Waals surface area contributed by atoms with Crippen molar-refractivity contribution in [2.75, 3.05) is 17.6 Å². The number of hydrogen-bond acceptors (Lipinski definition) is 7. The largest absolute Gasteiger partial charge is 0.382 e. The molecule has 2 aromatic rings. The van der Waals surface area contributed by atoms with Crippen molar-refractivity contribution in [1.29, 1.82) is 5.26 Å². The Morgan fingerprint density at radius 3 is 3.18 bits per heavy atom. The van der Waals surface area contributed by atoms with E-state index < -0.39 is 0 Å². The minimum Gasteiger partial charge on any atom is -0.382 e. The first-order valence-corrected chi connectivity index (χ1v) is 5.82. The highest BCUT2D eigenvalue weighted by molar-refractivity contribution is 7.10. The van der Waals surface area contributed by atoms with Crippen molar-refractivity contribution in [2.24, 2.45) is 0 Å². The molecule has 2 aromatic heterocycles. The molecular formula is C9H11N7S. The van der Waals surface area contributed by atoms with Crippen LogP contribution in [-0.2, 0) is 6.54 Å². The van der Waals surface area contributed by atoms with Crippen LogP contribution in [0.5, 0.6) is 0 Å². The van der Waals surface area contributed by atoms with Gasteiger partial charge in [-0.3, -0.25) is 4.68 Å². The molecule has 0 fully saturated rings. The van der Waals surface area contributed by atoms with Crippen molar-refractivity contribution < 1.29 is 0 Å². The molecule has 0 aliphatic carbocycles. The van der Waals surface area contributed by atoms with Crippen LogP contribution < -0.4 is 11.1 Å². The first-order chi connectivity index (χ1) is 8.31. The van der Waals surface area contributed by atoms with Gasteiger partial charge < -0.3 is 11.1 Å². The van der Waals surface area contributed by atoms with Gasteiger partial charge in [0.05, 0.1) is 6.20 Å². The zero-order valence-electron chi connectivity index (χ0n) is 9.00. The van der Waals surface area contributed by atoms with Crippen LogP contribution >= 0.6 is 11.5 Å². The Bertz CT molecular complexity index is 510. The van der Waals surface area contributed by atoms with Crippen LogP contribution in [0.1, 0.15) is 12.0 Å². The lowest BCUT2D eigenvalue weighted by Gasteiger charge is -2.03. The van der Waals surface area contributed by atoms with E-state index in [2.05, 4.69) is 20.0 Å². The van der Waals surface area contributed by atoms with Crippen LogP contribution in [0.2, 0.25) is 0 Å². The Morgan fingerprint density at radius 1 is 1.59 bits per heavy atom. The zero-order valence-corrected chi connectivity index (χ0v) is 9.81. The van der Waals surface area contributed by atoms with Crippen LogP contribution in [0.15, 0.2) is 12.4 Å². The van der Waals surface area contributed by atoms with Gasteiger partial charge in [0.25, 0.3) is 0 Å². The van der Waals surface area contributed by atoms with Gasteiger partial charge in [-0.05, 0) is 18.0 Å². The Balaban J connectivity index is 1.80. The molecule has 7 nitrogen and oxygen atoms in total. The molecule has 2 rings (SSSR count). The minimum absolute atomic E-state index is 0.288. The highest BCUT2D eigenvalue weighted by Crippen LogP contribution is 2.25. The van der Waals surface area contributed by atoms with Crippen molar-refractivity contribution in [2.45, 2.75) is 13.0 Å². The first kappa shape index (κ1) is 11.3. The second-order valence-corrected chi connectivity index (χ2v) is 4.10. The fourth-order valence-electron chi connectivity index (χ4n) is 1.33. The van der Waals surface area contributed by atoms with Crippen molar-refractivity contribution in [3.8, 4) is 6.07 Å². The maximum atomic E-state index is 8.87. The summed E-state index contributed by atoms with van der Waals surface area (Å²) in [6, 6.07) is 2.03. The molecular weight excluding hydrogens is 238 g/mol. The molecule has 0 atom stereocenters. The maximum Gasteiger partial charge on any atom is 0.157 e. The molecule has 0 aliphatic rings. The number of nitrogens with one attached hydrogen (secondary N) is 1. The van der Waals surface area contributed by atoms with Gasteiger partial charge in [0.1, 0.15) is 16.6 Å². The van der Waals surface area contributed by atoms with E-state index in [4.69, 9.17) is 11.0 Å². The Labute approximate surface area is 102 Å². The van der Waals surface area contributed by atoms with Crippen LogP contribution in [0.25, 0.3) is 0 Å². The standard InChI is InChI=1S/C9H11N7S/c10-6-7-8(11)14-17-9(7)12-2-1-4-16-5-3-13-15-16/h3,5,12H,1-2,4H2,(H2,11,14). The molecule has 0 unspecified atom stereocenters. The Hall–Kier alpha value is -2.14. The van der Waals surface area contributed by atoms with E-state index in [1.54, 1.807) is 10.9 Å². The summed E-state index contributed by atoms with van der Waals surface area (Å²) in [7, 11) is 0. The number of hydrogen-bond donors (Lipinski definition) is 2. The molecule has 0 spiro atoms. The highest BCUT2D eigenvalue weighted by atomic mass is 32.1. The van der Waals surface area contributed by atoms with Gasteiger partial charge in [0.2, 0.25) is 0 Å². The summed E-state index contributed by atoms with van der Waals surface area (Å²) >= 11 is 1.21. The summed E-state index contributed by atoms with van der Waals surface area (Å²) in [5.41, 5.74) is 5.97. The second-order valence-electron chi connectivity index (χ2n) is 3.33. The highest BCUT2D eigenvalue weighted by Gasteiger charge is 2.09. The van der Waals surface area contributed by atoms with Crippen LogP contribution in [0, 0.1) is 11.3 Å². The second kappa shape index (κ2) is 5.27. The number of aryl methyl sites for hydroxylation is 1. The zero-order chi connectivity index (χ0) is 12.1. The summed E-state index contributed by atoms with van der Waals surface area (Å²) < 4.78 is 5.68. The predicted molar refractivity (Wildman–Crippen MR) is 64.4 cm³/mol. The molecule has 0 aromatic carbocycles. The minimum atomic E-state index is 0.288. The van der Waals surface area contributed by atoms with Crippen molar-refractivity contribution in [3.63, 3.8) is 0 Å². The Kier molecular flexibility index (Phi) is 3.52. The molecule has 8 heteroatoms. The van der Waals surface area contributed by atoms with Crippen LogP contribution in [0.4, 0.5) is 10.8 Å².